The third kappa shape index (κ3) is 1.48. The van der Waals surface area contributed by atoms with E-state index >= 15 is 0 Å². The summed E-state index contributed by atoms with van der Waals surface area (Å²) >= 11 is 0. The van der Waals surface area contributed by atoms with Crippen LogP contribution in [0.4, 0.5) is 5.69 Å². The number of nitrogen functional groups attached to an aromatic ring is 1. The molecule has 0 aliphatic heterocycles. The molecule has 13 heavy (non-hydrogen) atoms. The Morgan fingerprint density at radius 2 is 2.31 bits per heavy atom. The molecular weight excluding hydrogens is 166 g/mol. The van der Waals surface area contributed by atoms with Gasteiger partial charge in [-0.1, -0.05) is 0 Å². The predicted molar refractivity (Wildman–Crippen MR) is 50.7 cm³/mol. The van der Waals surface area contributed by atoms with Crippen LogP contribution in [0.2, 0.25) is 0 Å². The van der Waals surface area contributed by atoms with Crippen molar-refractivity contribution < 1.29 is 4.74 Å². The average molecular weight is 181 g/mol. The fourth-order valence-electron chi connectivity index (χ4n) is 1.26. The van der Waals surface area contributed by atoms with Gasteiger partial charge in [-0.15, -0.1) is 0 Å². The minimum Gasteiger partial charge on any atom is -0.473 e. The summed E-state index contributed by atoms with van der Waals surface area (Å²) in [5, 5.41) is 4.28. The van der Waals surface area contributed by atoms with Crippen molar-refractivity contribution in [2.45, 2.75) is 39.3 Å². The smallest absolute Gasteiger partial charge is 0.236 e. The number of hydrogen-bond acceptors (Lipinski definition) is 3. The number of anilines is 1. The Hall–Kier alpha value is -1.19. The second kappa shape index (κ2) is 2.94. The van der Waals surface area contributed by atoms with Crippen LogP contribution in [-0.2, 0) is 6.54 Å². The van der Waals surface area contributed by atoms with E-state index in [0.717, 1.165) is 31.0 Å². The Kier molecular flexibility index (Phi) is 1.90. The second-order valence-electron chi connectivity index (χ2n) is 3.44. The Bertz CT molecular complexity index is 315. The van der Waals surface area contributed by atoms with Crippen LogP contribution in [0.3, 0.4) is 0 Å². The average Bonchev–Trinajstić information content (AvgIpc) is 2.88. The molecule has 4 heteroatoms. The van der Waals surface area contributed by atoms with Crippen molar-refractivity contribution in [2.75, 3.05) is 5.73 Å². The van der Waals surface area contributed by atoms with Gasteiger partial charge in [0, 0.05) is 6.54 Å². The molecule has 0 unspecified atom stereocenters. The molecule has 0 saturated heterocycles. The topological polar surface area (TPSA) is 53.1 Å². The lowest BCUT2D eigenvalue weighted by atomic mass is 10.4. The SMILES string of the molecule is CCn1nc(C)c(N)c1OC1CC1. The Labute approximate surface area is 77.7 Å². The summed E-state index contributed by atoms with van der Waals surface area (Å²) in [4.78, 5) is 0. The molecule has 0 atom stereocenters. The molecule has 0 radical (unpaired) electrons. The number of nitrogens with zero attached hydrogens (tertiary/aromatic N) is 2. The zero-order valence-electron chi connectivity index (χ0n) is 8.08. The predicted octanol–water partition coefficient (Wildman–Crippen LogP) is 1.33. The second-order valence-corrected chi connectivity index (χ2v) is 3.44. The van der Waals surface area contributed by atoms with Crippen molar-refractivity contribution in [3.63, 3.8) is 0 Å². The summed E-state index contributed by atoms with van der Waals surface area (Å²) in [6, 6.07) is 0. The van der Waals surface area contributed by atoms with Crippen molar-refractivity contribution >= 4 is 5.69 Å². The molecule has 1 aromatic rings. The van der Waals surface area contributed by atoms with Gasteiger partial charge < -0.3 is 10.5 Å². The lowest BCUT2D eigenvalue weighted by Gasteiger charge is -2.06. The molecular formula is C9H15N3O. The van der Waals surface area contributed by atoms with E-state index in [1.54, 1.807) is 0 Å². The van der Waals surface area contributed by atoms with Gasteiger partial charge in [0.05, 0.1) is 5.69 Å². The van der Waals surface area contributed by atoms with Gasteiger partial charge in [0.2, 0.25) is 5.88 Å². The number of ether oxygens (including phenoxy) is 1. The molecule has 1 fully saturated rings. The van der Waals surface area contributed by atoms with E-state index in [1.807, 2.05) is 18.5 Å². The minimum atomic E-state index is 0.378. The highest BCUT2D eigenvalue weighted by atomic mass is 16.5. The first-order chi connectivity index (χ1) is 6.22. The zero-order chi connectivity index (χ0) is 9.42. The van der Waals surface area contributed by atoms with Gasteiger partial charge in [-0.3, -0.25) is 0 Å². The van der Waals surface area contributed by atoms with E-state index in [0.29, 0.717) is 11.8 Å². The molecule has 1 aliphatic rings. The monoisotopic (exact) mass is 181 g/mol. The fraction of sp³-hybridized carbons (Fsp3) is 0.667. The molecule has 1 aromatic heterocycles. The van der Waals surface area contributed by atoms with Crippen molar-refractivity contribution in [1.29, 1.82) is 0 Å². The summed E-state index contributed by atoms with van der Waals surface area (Å²) in [5.74, 6) is 0.752. The maximum absolute atomic E-state index is 5.85. The minimum absolute atomic E-state index is 0.378. The largest absolute Gasteiger partial charge is 0.473 e. The first-order valence-electron chi connectivity index (χ1n) is 4.72. The maximum atomic E-state index is 5.85. The maximum Gasteiger partial charge on any atom is 0.236 e. The van der Waals surface area contributed by atoms with Gasteiger partial charge in [0.1, 0.15) is 11.8 Å². The highest BCUT2D eigenvalue weighted by Crippen LogP contribution is 2.32. The molecule has 4 nitrogen and oxygen atoms in total. The van der Waals surface area contributed by atoms with Gasteiger partial charge >= 0.3 is 0 Å². The van der Waals surface area contributed by atoms with Crippen molar-refractivity contribution in [1.82, 2.24) is 9.78 Å². The van der Waals surface area contributed by atoms with Crippen LogP contribution in [0.5, 0.6) is 5.88 Å². The lowest BCUT2D eigenvalue weighted by molar-refractivity contribution is 0.273. The molecule has 2 rings (SSSR count). The molecule has 0 bridgehead atoms. The zero-order valence-corrected chi connectivity index (χ0v) is 8.08. The van der Waals surface area contributed by atoms with Gasteiger partial charge in [-0.2, -0.15) is 5.10 Å². The Morgan fingerprint density at radius 3 is 2.85 bits per heavy atom. The van der Waals surface area contributed by atoms with E-state index in [4.69, 9.17) is 10.5 Å². The Morgan fingerprint density at radius 1 is 1.62 bits per heavy atom. The summed E-state index contributed by atoms with van der Waals surface area (Å²) < 4.78 is 7.50. The molecule has 2 N–H and O–H groups in total. The van der Waals surface area contributed by atoms with E-state index in [9.17, 15) is 0 Å². The highest BCUT2D eigenvalue weighted by Gasteiger charge is 2.26. The van der Waals surface area contributed by atoms with Crippen LogP contribution >= 0.6 is 0 Å². The molecule has 0 aromatic carbocycles. The number of rotatable bonds is 3. The third-order valence-electron chi connectivity index (χ3n) is 2.23. The van der Waals surface area contributed by atoms with Crippen LogP contribution in [0.25, 0.3) is 0 Å². The molecule has 0 amide bonds. The highest BCUT2D eigenvalue weighted by molar-refractivity contribution is 5.52. The van der Waals surface area contributed by atoms with Gasteiger partial charge in [0.25, 0.3) is 0 Å². The molecule has 1 heterocycles. The Balaban J connectivity index is 2.27. The molecule has 1 aliphatic carbocycles. The lowest BCUT2D eigenvalue weighted by Crippen LogP contribution is -2.05. The molecule has 1 saturated carbocycles. The fourth-order valence-corrected chi connectivity index (χ4v) is 1.26. The van der Waals surface area contributed by atoms with Crippen LogP contribution < -0.4 is 10.5 Å². The first-order valence-corrected chi connectivity index (χ1v) is 4.72. The van der Waals surface area contributed by atoms with Crippen LogP contribution in [-0.4, -0.2) is 15.9 Å². The van der Waals surface area contributed by atoms with Crippen molar-refractivity contribution in [2.24, 2.45) is 0 Å². The van der Waals surface area contributed by atoms with E-state index in [1.165, 1.54) is 0 Å². The van der Waals surface area contributed by atoms with Gasteiger partial charge in [-0.25, -0.2) is 4.68 Å². The number of aromatic nitrogens is 2. The van der Waals surface area contributed by atoms with E-state index in [2.05, 4.69) is 5.10 Å². The van der Waals surface area contributed by atoms with Gasteiger partial charge in [-0.05, 0) is 26.7 Å². The van der Waals surface area contributed by atoms with E-state index in [-0.39, 0.29) is 0 Å². The third-order valence-corrected chi connectivity index (χ3v) is 2.23. The van der Waals surface area contributed by atoms with Crippen LogP contribution in [0.1, 0.15) is 25.5 Å². The van der Waals surface area contributed by atoms with Crippen LogP contribution in [0.15, 0.2) is 0 Å². The van der Waals surface area contributed by atoms with Crippen molar-refractivity contribution in [3.05, 3.63) is 5.69 Å². The normalized spacial score (nSPS) is 16.2. The summed E-state index contributed by atoms with van der Waals surface area (Å²) in [5.41, 5.74) is 7.39. The summed E-state index contributed by atoms with van der Waals surface area (Å²) in [6.45, 7) is 4.74. The van der Waals surface area contributed by atoms with Crippen molar-refractivity contribution in [3.8, 4) is 5.88 Å². The number of nitrogens with two attached hydrogens (primary N) is 1. The standard InChI is InChI=1S/C9H15N3O/c1-3-12-9(13-7-4-5-7)8(10)6(2)11-12/h7H,3-5,10H2,1-2H3. The molecule has 0 spiro atoms. The first kappa shape index (κ1) is 8.41. The summed E-state index contributed by atoms with van der Waals surface area (Å²) in [6.07, 6.45) is 2.67. The summed E-state index contributed by atoms with van der Waals surface area (Å²) in [7, 11) is 0. The van der Waals surface area contributed by atoms with E-state index < -0.39 is 0 Å². The number of aryl methyl sites for hydroxylation is 2. The van der Waals surface area contributed by atoms with Crippen LogP contribution in [0, 0.1) is 6.92 Å². The number of hydrogen-bond donors (Lipinski definition) is 1. The quantitative estimate of drug-likeness (QED) is 0.765. The van der Waals surface area contributed by atoms with Gasteiger partial charge in [0.15, 0.2) is 0 Å². The molecule has 72 valence electrons.